The van der Waals surface area contributed by atoms with Crippen LogP contribution in [0.25, 0.3) is 33.7 Å². The van der Waals surface area contributed by atoms with Crippen molar-refractivity contribution in [1.82, 2.24) is 35.2 Å². The van der Waals surface area contributed by atoms with Crippen LogP contribution in [0.15, 0.2) is 60.7 Å². The van der Waals surface area contributed by atoms with Crippen LogP contribution in [0, 0.1) is 5.41 Å². The number of imidazole rings is 1. The Hall–Kier alpha value is -4.40. The van der Waals surface area contributed by atoms with Gasteiger partial charge in [0.15, 0.2) is 11.5 Å². The molecule has 9 heteroatoms. The number of tetrazole rings is 1. The van der Waals surface area contributed by atoms with E-state index in [4.69, 9.17) is 9.97 Å². The number of benzene rings is 2. The van der Waals surface area contributed by atoms with E-state index < -0.39 is 5.41 Å². The second-order valence-electron chi connectivity index (χ2n) is 9.70. The van der Waals surface area contributed by atoms with Crippen molar-refractivity contribution in [2.45, 2.75) is 40.7 Å². The van der Waals surface area contributed by atoms with Gasteiger partial charge in [-0.1, -0.05) is 76.2 Å². The fourth-order valence-electron chi connectivity index (χ4n) is 4.04. The van der Waals surface area contributed by atoms with E-state index >= 15 is 0 Å². The van der Waals surface area contributed by atoms with Crippen molar-refractivity contribution in [3.8, 4) is 22.5 Å². The zero-order valence-electron chi connectivity index (χ0n) is 20.8. The van der Waals surface area contributed by atoms with Gasteiger partial charge in [0.05, 0.1) is 6.54 Å². The minimum Gasteiger partial charge on any atom is -0.310 e. The van der Waals surface area contributed by atoms with E-state index in [0.717, 1.165) is 45.7 Å². The highest BCUT2D eigenvalue weighted by Gasteiger charge is 2.22. The quantitative estimate of drug-likeness (QED) is 0.358. The molecule has 1 amide bonds. The van der Waals surface area contributed by atoms with Crippen LogP contribution in [0.2, 0.25) is 0 Å². The Morgan fingerprint density at radius 2 is 1.72 bits per heavy atom. The number of fused-ring (bicyclic) bond motifs is 1. The summed E-state index contributed by atoms with van der Waals surface area (Å²) in [7, 11) is 0. The number of hydrogen-bond donors (Lipinski definition) is 2. The Balaban J connectivity index is 1.45. The van der Waals surface area contributed by atoms with Crippen molar-refractivity contribution < 1.29 is 4.79 Å². The van der Waals surface area contributed by atoms with Crippen LogP contribution in [0.4, 0.5) is 5.82 Å². The van der Waals surface area contributed by atoms with Gasteiger partial charge in [-0.15, -0.1) is 5.10 Å². The Morgan fingerprint density at radius 3 is 2.39 bits per heavy atom. The summed E-state index contributed by atoms with van der Waals surface area (Å²) >= 11 is 0. The van der Waals surface area contributed by atoms with Crippen molar-refractivity contribution in [1.29, 1.82) is 0 Å². The number of aromatic nitrogens is 7. The molecule has 0 saturated heterocycles. The van der Waals surface area contributed by atoms with Crippen LogP contribution in [-0.2, 0) is 17.8 Å². The molecule has 0 radical (unpaired) electrons. The monoisotopic (exact) mass is 480 g/mol. The molecule has 9 nitrogen and oxygen atoms in total. The molecule has 0 fully saturated rings. The highest BCUT2D eigenvalue weighted by atomic mass is 16.2. The minimum absolute atomic E-state index is 0.0758. The topological polar surface area (TPSA) is 114 Å². The first-order valence-electron chi connectivity index (χ1n) is 11.9. The summed E-state index contributed by atoms with van der Waals surface area (Å²) in [5.41, 5.74) is 5.25. The molecule has 182 valence electrons. The third-order valence-corrected chi connectivity index (χ3v) is 6.04. The summed E-state index contributed by atoms with van der Waals surface area (Å²) in [6.45, 7) is 8.34. The third kappa shape index (κ3) is 4.59. The number of nitrogens with zero attached hydrogens (tertiary/aromatic N) is 6. The third-order valence-electron chi connectivity index (χ3n) is 6.04. The van der Waals surface area contributed by atoms with Crippen LogP contribution in [0.3, 0.4) is 0 Å². The molecule has 0 aliphatic carbocycles. The maximum atomic E-state index is 12.5. The van der Waals surface area contributed by atoms with Gasteiger partial charge in [0.25, 0.3) is 0 Å². The van der Waals surface area contributed by atoms with Crippen molar-refractivity contribution in [2.24, 2.45) is 5.41 Å². The SMILES string of the molecule is CCc1nc2ccc(NC(=O)C(C)(C)C)nc2n1Cc1ccc(-c2ccccc2-c2nnn[nH]2)cc1. The number of rotatable bonds is 6. The molecule has 0 atom stereocenters. The molecule has 0 unspecified atom stereocenters. The van der Waals surface area contributed by atoms with Gasteiger partial charge in [-0.25, -0.2) is 15.1 Å². The normalized spacial score (nSPS) is 11.7. The summed E-state index contributed by atoms with van der Waals surface area (Å²) in [6.07, 6.45) is 0.775. The van der Waals surface area contributed by atoms with E-state index in [9.17, 15) is 4.79 Å². The van der Waals surface area contributed by atoms with Crippen LogP contribution >= 0.6 is 0 Å². The number of aromatic amines is 1. The summed E-state index contributed by atoms with van der Waals surface area (Å²) in [5, 5.41) is 17.2. The van der Waals surface area contributed by atoms with Gasteiger partial charge in [0.1, 0.15) is 17.2 Å². The molecule has 0 spiro atoms. The number of anilines is 1. The maximum absolute atomic E-state index is 12.5. The lowest BCUT2D eigenvalue weighted by molar-refractivity contribution is -0.123. The number of pyridine rings is 1. The largest absolute Gasteiger partial charge is 0.310 e. The maximum Gasteiger partial charge on any atom is 0.230 e. The first kappa shape index (κ1) is 23.3. The molecule has 36 heavy (non-hydrogen) atoms. The van der Waals surface area contributed by atoms with Crippen LogP contribution in [-0.4, -0.2) is 41.1 Å². The Kier molecular flexibility index (Phi) is 6.05. The van der Waals surface area contributed by atoms with E-state index in [-0.39, 0.29) is 5.91 Å². The lowest BCUT2D eigenvalue weighted by atomic mass is 9.96. The van der Waals surface area contributed by atoms with Crippen molar-refractivity contribution in [3.63, 3.8) is 0 Å². The van der Waals surface area contributed by atoms with Gasteiger partial charge in [0, 0.05) is 17.4 Å². The Morgan fingerprint density at radius 1 is 0.972 bits per heavy atom. The molecule has 0 bridgehead atoms. The number of hydrogen-bond acceptors (Lipinski definition) is 6. The van der Waals surface area contributed by atoms with E-state index in [2.05, 4.69) is 67.8 Å². The van der Waals surface area contributed by atoms with Crippen LogP contribution < -0.4 is 5.32 Å². The van der Waals surface area contributed by atoms with Gasteiger partial charge < -0.3 is 9.88 Å². The highest BCUT2D eigenvalue weighted by molar-refractivity contribution is 5.94. The second kappa shape index (κ2) is 9.33. The Bertz CT molecular complexity index is 1510. The summed E-state index contributed by atoms with van der Waals surface area (Å²) in [4.78, 5) is 22.0. The number of H-pyrrole nitrogens is 1. The zero-order valence-corrected chi connectivity index (χ0v) is 20.8. The van der Waals surface area contributed by atoms with Crippen LogP contribution in [0.1, 0.15) is 39.1 Å². The van der Waals surface area contributed by atoms with Gasteiger partial charge >= 0.3 is 0 Å². The smallest absolute Gasteiger partial charge is 0.230 e. The van der Waals surface area contributed by atoms with Crippen molar-refractivity contribution in [2.75, 3.05) is 5.32 Å². The standard InChI is InChI=1S/C27H28N8O/c1-5-23-28-21-14-15-22(30-26(36)27(2,3)4)29-25(21)35(23)16-17-10-12-18(13-11-17)19-8-6-7-9-20(19)24-31-33-34-32-24/h6-15H,5,16H2,1-4H3,(H,29,30,36)(H,31,32,33,34). The average molecular weight is 481 g/mol. The molecule has 2 N–H and O–H groups in total. The van der Waals surface area contributed by atoms with Crippen molar-refractivity contribution in [3.05, 3.63) is 72.1 Å². The fraction of sp³-hybridized carbons (Fsp3) is 0.259. The lowest BCUT2D eigenvalue weighted by Crippen LogP contribution is -2.28. The van der Waals surface area contributed by atoms with Gasteiger partial charge in [-0.3, -0.25) is 4.79 Å². The summed E-state index contributed by atoms with van der Waals surface area (Å²) in [5.74, 6) is 2.03. The van der Waals surface area contributed by atoms with Crippen LogP contribution in [0.5, 0.6) is 0 Å². The van der Waals surface area contributed by atoms with E-state index in [0.29, 0.717) is 18.2 Å². The number of carbonyl (C=O) groups is 1. The molecule has 0 saturated carbocycles. The number of aryl methyl sites for hydroxylation is 1. The van der Waals surface area contributed by atoms with E-state index in [1.54, 1.807) is 6.07 Å². The summed E-state index contributed by atoms with van der Waals surface area (Å²) < 4.78 is 2.12. The average Bonchev–Trinajstić information content (AvgIpc) is 3.52. The van der Waals surface area contributed by atoms with Gasteiger partial charge in [-0.05, 0) is 39.2 Å². The molecule has 5 rings (SSSR count). The molecular formula is C27H28N8O. The molecule has 2 aromatic carbocycles. The Labute approximate surface area is 209 Å². The van der Waals surface area contributed by atoms with Gasteiger partial charge in [0.2, 0.25) is 5.91 Å². The molecule has 0 aliphatic heterocycles. The van der Waals surface area contributed by atoms with Gasteiger partial charge in [-0.2, -0.15) is 0 Å². The predicted molar refractivity (Wildman–Crippen MR) is 139 cm³/mol. The first-order chi connectivity index (χ1) is 17.3. The lowest BCUT2D eigenvalue weighted by Gasteiger charge is -2.17. The van der Waals surface area contributed by atoms with E-state index in [1.165, 1.54) is 0 Å². The molecule has 0 aliphatic rings. The fourth-order valence-corrected chi connectivity index (χ4v) is 4.04. The predicted octanol–water partition coefficient (Wildman–Crippen LogP) is 4.87. The zero-order chi connectivity index (χ0) is 25.3. The van der Waals surface area contributed by atoms with E-state index in [1.807, 2.05) is 45.0 Å². The number of carbonyl (C=O) groups excluding carboxylic acids is 1. The molecule has 5 aromatic rings. The molecule has 3 heterocycles. The molecule has 3 aromatic heterocycles. The van der Waals surface area contributed by atoms with Crippen molar-refractivity contribution >= 4 is 22.9 Å². The molecular weight excluding hydrogens is 452 g/mol. The highest BCUT2D eigenvalue weighted by Crippen LogP contribution is 2.30. The second-order valence-corrected chi connectivity index (χ2v) is 9.70. The number of nitrogens with one attached hydrogen (secondary N) is 2. The first-order valence-corrected chi connectivity index (χ1v) is 11.9. The summed E-state index contributed by atoms with van der Waals surface area (Å²) in [6, 6.07) is 20.2. The number of amides is 1. The minimum atomic E-state index is -0.504.